The molecule has 0 saturated heterocycles. The molecule has 0 atom stereocenters. The smallest absolute Gasteiger partial charge is 0.210 e. The molecular formula is C13H17N3S2. The maximum atomic E-state index is 4.17. The van der Waals surface area contributed by atoms with Gasteiger partial charge in [-0.05, 0) is 31.0 Å². The average Bonchev–Trinajstić information content (AvgIpc) is 2.71. The molecule has 2 rings (SSSR count). The van der Waals surface area contributed by atoms with Gasteiger partial charge in [-0.2, -0.15) is 0 Å². The molecule has 0 aliphatic carbocycles. The summed E-state index contributed by atoms with van der Waals surface area (Å²) < 4.78 is 1.01. The van der Waals surface area contributed by atoms with Gasteiger partial charge >= 0.3 is 0 Å². The summed E-state index contributed by atoms with van der Waals surface area (Å²) in [7, 11) is 0. The molecule has 0 fully saturated rings. The molecule has 96 valence electrons. The number of rotatable bonds is 4. The molecule has 0 amide bonds. The Hall–Kier alpha value is -1.07. The highest BCUT2D eigenvalue weighted by Gasteiger charge is 2.08. The number of nitrogens with one attached hydrogen (secondary N) is 1. The van der Waals surface area contributed by atoms with Crippen LogP contribution in [0.15, 0.2) is 22.5 Å². The Morgan fingerprint density at radius 3 is 2.72 bits per heavy atom. The van der Waals surface area contributed by atoms with Crippen LogP contribution in [0.2, 0.25) is 0 Å². The lowest BCUT2D eigenvalue weighted by Crippen LogP contribution is -1.94. The molecule has 0 unspecified atom stereocenters. The van der Waals surface area contributed by atoms with Crippen LogP contribution >= 0.6 is 23.1 Å². The fourth-order valence-electron chi connectivity index (χ4n) is 1.51. The van der Waals surface area contributed by atoms with Gasteiger partial charge in [0.1, 0.15) is 0 Å². The molecule has 0 saturated carbocycles. The minimum absolute atomic E-state index is 0.534. The Bertz CT molecular complexity index is 535. The number of thioether (sulfide) groups is 1. The molecule has 0 spiro atoms. The molecule has 0 aliphatic heterocycles. The maximum Gasteiger partial charge on any atom is 0.210 e. The summed E-state index contributed by atoms with van der Waals surface area (Å²) in [6, 6.07) is 6.23. The quantitative estimate of drug-likeness (QED) is 0.842. The zero-order chi connectivity index (χ0) is 13.1. The van der Waals surface area contributed by atoms with Crippen LogP contribution in [0.1, 0.15) is 25.0 Å². The third kappa shape index (κ3) is 3.23. The molecule has 1 heterocycles. The summed E-state index contributed by atoms with van der Waals surface area (Å²) in [5, 5.41) is 13.1. The number of aromatic nitrogens is 2. The van der Waals surface area contributed by atoms with E-state index in [-0.39, 0.29) is 0 Å². The Kier molecular flexibility index (Phi) is 4.24. The fraction of sp³-hybridized carbons (Fsp3) is 0.385. The summed E-state index contributed by atoms with van der Waals surface area (Å²) in [6.07, 6.45) is 0. The third-order valence-electron chi connectivity index (χ3n) is 2.59. The fourth-order valence-corrected chi connectivity index (χ4v) is 3.50. The standard InChI is InChI=1S/C13H17N3S2/c1-8(2)17-13-16-15-12(18-13)14-11-7-5-6-9(3)10(11)4/h5-8H,1-4H3,(H,14,15). The van der Waals surface area contributed by atoms with Gasteiger partial charge in [-0.25, -0.2) is 0 Å². The normalized spacial score (nSPS) is 10.9. The van der Waals surface area contributed by atoms with Crippen molar-refractivity contribution in [2.24, 2.45) is 0 Å². The molecular weight excluding hydrogens is 262 g/mol. The number of hydrogen-bond acceptors (Lipinski definition) is 5. The lowest BCUT2D eigenvalue weighted by Gasteiger charge is -2.08. The van der Waals surface area contributed by atoms with Gasteiger partial charge in [-0.3, -0.25) is 0 Å². The molecule has 0 radical (unpaired) electrons. The van der Waals surface area contributed by atoms with Crippen LogP contribution in [-0.4, -0.2) is 15.4 Å². The molecule has 0 bridgehead atoms. The Balaban J connectivity index is 2.14. The minimum Gasteiger partial charge on any atom is -0.330 e. The Morgan fingerprint density at radius 1 is 1.22 bits per heavy atom. The van der Waals surface area contributed by atoms with E-state index in [0.29, 0.717) is 5.25 Å². The van der Waals surface area contributed by atoms with Crippen LogP contribution in [0, 0.1) is 13.8 Å². The van der Waals surface area contributed by atoms with Crippen molar-refractivity contribution in [3.05, 3.63) is 29.3 Å². The van der Waals surface area contributed by atoms with Crippen molar-refractivity contribution in [1.82, 2.24) is 10.2 Å². The lowest BCUT2D eigenvalue weighted by molar-refractivity contribution is 1.00. The highest BCUT2D eigenvalue weighted by molar-refractivity contribution is 8.01. The van der Waals surface area contributed by atoms with Gasteiger partial charge in [-0.15, -0.1) is 10.2 Å². The van der Waals surface area contributed by atoms with Crippen LogP contribution in [0.4, 0.5) is 10.8 Å². The predicted molar refractivity (Wildman–Crippen MR) is 80.1 cm³/mol. The van der Waals surface area contributed by atoms with Gasteiger partial charge < -0.3 is 5.32 Å². The molecule has 5 heteroatoms. The van der Waals surface area contributed by atoms with Crippen LogP contribution < -0.4 is 5.32 Å². The summed E-state index contributed by atoms with van der Waals surface area (Å²) in [5.41, 5.74) is 3.64. The van der Waals surface area contributed by atoms with E-state index in [9.17, 15) is 0 Å². The van der Waals surface area contributed by atoms with Crippen molar-refractivity contribution < 1.29 is 0 Å². The van der Waals surface area contributed by atoms with Crippen LogP contribution in [0.3, 0.4) is 0 Å². The van der Waals surface area contributed by atoms with Gasteiger partial charge in [0.25, 0.3) is 0 Å². The second-order valence-corrected chi connectivity index (χ2v) is 7.21. The first-order chi connectivity index (χ1) is 8.56. The van der Waals surface area contributed by atoms with Crippen molar-refractivity contribution >= 4 is 33.9 Å². The molecule has 0 aliphatic rings. The number of anilines is 2. The zero-order valence-electron chi connectivity index (χ0n) is 11.0. The average molecular weight is 279 g/mol. The second kappa shape index (κ2) is 5.71. The van der Waals surface area contributed by atoms with Crippen molar-refractivity contribution in [2.75, 3.05) is 5.32 Å². The molecule has 1 N–H and O–H groups in total. The van der Waals surface area contributed by atoms with E-state index in [0.717, 1.165) is 15.2 Å². The summed E-state index contributed by atoms with van der Waals surface area (Å²) in [5.74, 6) is 0. The maximum absolute atomic E-state index is 4.17. The van der Waals surface area contributed by atoms with E-state index in [1.807, 2.05) is 0 Å². The molecule has 18 heavy (non-hydrogen) atoms. The van der Waals surface area contributed by atoms with E-state index < -0.39 is 0 Å². The molecule has 1 aromatic heterocycles. The lowest BCUT2D eigenvalue weighted by atomic mass is 10.1. The molecule has 1 aromatic carbocycles. The largest absolute Gasteiger partial charge is 0.330 e. The van der Waals surface area contributed by atoms with Crippen LogP contribution in [-0.2, 0) is 0 Å². The molecule has 2 aromatic rings. The Morgan fingerprint density at radius 2 is 2.00 bits per heavy atom. The first kappa shape index (κ1) is 13.4. The Labute approximate surface area is 116 Å². The number of hydrogen-bond donors (Lipinski definition) is 1. The van der Waals surface area contributed by atoms with E-state index in [4.69, 9.17) is 0 Å². The SMILES string of the molecule is Cc1cccc(Nc2nnc(SC(C)C)s2)c1C. The monoisotopic (exact) mass is 279 g/mol. The number of nitrogens with zero attached hydrogens (tertiary/aromatic N) is 2. The first-order valence-electron chi connectivity index (χ1n) is 5.89. The van der Waals surface area contributed by atoms with Crippen molar-refractivity contribution in [3.63, 3.8) is 0 Å². The minimum atomic E-state index is 0.534. The van der Waals surface area contributed by atoms with Gasteiger partial charge in [0.05, 0.1) is 0 Å². The van der Waals surface area contributed by atoms with E-state index in [1.165, 1.54) is 11.1 Å². The second-order valence-electron chi connectivity index (χ2n) is 4.41. The van der Waals surface area contributed by atoms with Crippen LogP contribution in [0.5, 0.6) is 0 Å². The van der Waals surface area contributed by atoms with Gasteiger partial charge in [0, 0.05) is 10.9 Å². The van der Waals surface area contributed by atoms with Crippen molar-refractivity contribution in [2.45, 2.75) is 37.3 Å². The summed E-state index contributed by atoms with van der Waals surface area (Å²) in [6.45, 7) is 8.54. The van der Waals surface area contributed by atoms with E-state index in [2.05, 4.69) is 61.4 Å². The highest BCUT2D eigenvalue weighted by atomic mass is 32.2. The number of aryl methyl sites for hydroxylation is 1. The summed E-state index contributed by atoms with van der Waals surface area (Å²) >= 11 is 3.34. The first-order valence-corrected chi connectivity index (χ1v) is 7.59. The third-order valence-corrected chi connectivity index (χ3v) is 4.52. The van der Waals surface area contributed by atoms with Crippen LogP contribution in [0.25, 0.3) is 0 Å². The van der Waals surface area contributed by atoms with E-state index in [1.54, 1.807) is 23.1 Å². The topological polar surface area (TPSA) is 37.8 Å². The van der Waals surface area contributed by atoms with E-state index >= 15 is 0 Å². The van der Waals surface area contributed by atoms with Crippen molar-refractivity contribution in [1.29, 1.82) is 0 Å². The van der Waals surface area contributed by atoms with Gasteiger partial charge in [0.2, 0.25) is 5.13 Å². The number of benzene rings is 1. The zero-order valence-corrected chi connectivity index (χ0v) is 12.7. The molecule has 3 nitrogen and oxygen atoms in total. The van der Waals surface area contributed by atoms with Gasteiger partial charge in [0.15, 0.2) is 4.34 Å². The highest BCUT2D eigenvalue weighted by Crippen LogP contribution is 2.31. The summed E-state index contributed by atoms with van der Waals surface area (Å²) in [4.78, 5) is 0. The van der Waals surface area contributed by atoms with Crippen molar-refractivity contribution in [3.8, 4) is 0 Å². The predicted octanol–water partition coefficient (Wildman–Crippen LogP) is 4.40. The van der Waals surface area contributed by atoms with Gasteiger partial charge in [-0.1, -0.05) is 49.1 Å².